The molecule has 0 saturated carbocycles. The predicted octanol–water partition coefficient (Wildman–Crippen LogP) is 2.48. The molecular formula is C14H22N2O3. The molecule has 106 valence electrons. The number of carbonyl (C=O) groups is 1. The second-order valence-corrected chi connectivity index (χ2v) is 4.58. The number of hydrogen-bond acceptors (Lipinski definition) is 5. The van der Waals surface area contributed by atoms with E-state index in [0.29, 0.717) is 24.7 Å². The Kier molecular flexibility index (Phi) is 6.29. The fourth-order valence-electron chi connectivity index (χ4n) is 1.49. The van der Waals surface area contributed by atoms with E-state index in [2.05, 4.69) is 10.3 Å². The molecule has 0 aliphatic rings. The van der Waals surface area contributed by atoms with Crippen LogP contribution in [0, 0.1) is 0 Å². The summed E-state index contributed by atoms with van der Waals surface area (Å²) in [5, 5.41) is 3.14. The quantitative estimate of drug-likeness (QED) is 0.768. The van der Waals surface area contributed by atoms with E-state index in [4.69, 9.17) is 9.47 Å². The zero-order valence-electron chi connectivity index (χ0n) is 12.0. The predicted molar refractivity (Wildman–Crippen MR) is 74.4 cm³/mol. The molecule has 1 rings (SSSR count). The Labute approximate surface area is 114 Å². The van der Waals surface area contributed by atoms with Crippen LogP contribution in [0.4, 0.5) is 5.82 Å². The average Bonchev–Trinajstić information content (AvgIpc) is 2.35. The molecule has 19 heavy (non-hydrogen) atoms. The lowest BCUT2D eigenvalue weighted by Gasteiger charge is -2.13. The summed E-state index contributed by atoms with van der Waals surface area (Å²) >= 11 is 0. The van der Waals surface area contributed by atoms with Gasteiger partial charge in [-0.25, -0.2) is 9.78 Å². The Morgan fingerprint density at radius 1 is 1.37 bits per heavy atom. The van der Waals surface area contributed by atoms with Crippen molar-refractivity contribution in [2.75, 3.05) is 18.5 Å². The van der Waals surface area contributed by atoms with Gasteiger partial charge in [-0.3, -0.25) is 0 Å². The first-order valence-corrected chi connectivity index (χ1v) is 6.55. The molecule has 1 atom stereocenters. The lowest BCUT2D eigenvalue weighted by atomic mass is 10.3. The minimum Gasteiger partial charge on any atom is -0.455 e. The van der Waals surface area contributed by atoms with Crippen molar-refractivity contribution in [1.29, 1.82) is 0 Å². The zero-order chi connectivity index (χ0) is 14.3. The minimum atomic E-state index is -0.431. The summed E-state index contributed by atoms with van der Waals surface area (Å²) in [5.41, 5.74) is 0.300. The van der Waals surface area contributed by atoms with E-state index >= 15 is 0 Å². The molecule has 0 aliphatic heterocycles. The van der Waals surface area contributed by atoms with Crippen molar-refractivity contribution in [2.45, 2.75) is 39.8 Å². The van der Waals surface area contributed by atoms with Crippen LogP contribution >= 0.6 is 0 Å². The van der Waals surface area contributed by atoms with E-state index in [0.717, 1.165) is 0 Å². The van der Waals surface area contributed by atoms with Gasteiger partial charge in [-0.05, 0) is 39.8 Å². The summed E-state index contributed by atoms with van der Waals surface area (Å²) in [6.07, 6.45) is -0.282. The number of rotatable bonds is 7. The molecule has 0 aliphatic carbocycles. The highest BCUT2D eigenvalue weighted by molar-refractivity contribution is 5.87. The molecule has 0 saturated heterocycles. The maximum absolute atomic E-state index is 11.9. The molecule has 1 N–H and O–H groups in total. The Balaban J connectivity index is 2.61. The molecule has 1 aromatic rings. The van der Waals surface area contributed by atoms with E-state index < -0.39 is 5.97 Å². The standard InChI is InChI=1S/C14H22N2O3/c1-5-18-9-11(4)19-14(17)12-7-6-8-13(16-12)15-10(2)3/h6-8,10-11H,5,9H2,1-4H3,(H,15,16). The molecule has 0 radical (unpaired) electrons. The average molecular weight is 266 g/mol. The van der Waals surface area contributed by atoms with Gasteiger partial charge in [-0.1, -0.05) is 6.07 Å². The number of carbonyl (C=O) groups excluding carboxylic acids is 1. The van der Waals surface area contributed by atoms with Gasteiger partial charge in [-0.15, -0.1) is 0 Å². The largest absolute Gasteiger partial charge is 0.455 e. The smallest absolute Gasteiger partial charge is 0.357 e. The molecule has 0 bridgehead atoms. The second kappa shape index (κ2) is 7.74. The van der Waals surface area contributed by atoms with Gasteiger partial charge in [0.1, 0.15) is 11.9 Å². The Bertz CT molecular complexity index is 407. The maximum atomic E-state index is 11.9. The first kappa shape index (κ1) is 15.4. The molecule has 1 aromatic heterocycles. The second-order valence-electron chi connectivity index (χ2n) is 4.58. The Hall–Kier alpha value is -1.62. The molecule has 0 spiro atoms. The van der Waals surface area contributed by atoms with Crippen LogP contribution in [-0.4, -0.2) is 36.3 Å². The SMILES string of the molecule is CCOCC(C)OC(=O)c1cccc(NC(C)C)n1. The molecule has 0 amide bonds. The van der Waals surface area contributed by atoms with Crippen molar-refractivity contribution >= 4 is 11.8 Å². The number of aromatic nitrogens is 1. The number of ether oxygens (including phenoxy) is 2. The Morgan fingerprint density at radius 2 is 2.11 bits per heavy atom. The normalized spacial score (nSPS) is 12.3. The van der Waals surface area contributed by atoms with Crippen LogP contribution in [0.15, 0.2) is 18.2 Å². The lowest BCUT2D eigenvalue weighted by molar-refractivity contribution is 0.00388. The molecular weight excluding hydrogens is 244 g/mol. The van der Waals surface area contributed by atoms with Gasteiger partial charge in [0, 0.05) is 12.6 Å². The monoisotopic (exact) mass is 266 g/mol. The summed E-state index contributed by atoms with van der Waals surface area (Å²) in [6, 6.07) is 5.50. The third kappa shape index (κ3) is 5.70. The number of nitrogens with zero attached hydrogens (tertiary/aromatic N) is 1. The van der Waals surface area contributed by atoms with Crippen LogP contribution in [0.3, 0.4) is 0 Å². The van der Waals surface area contributed by atoms with Gasteiger partial charge in [0.05, 0.1) is 6.61 Å². The summed E-state index contributed by atoms with van der Waals surface area (Å²) in [6.45, 7) is 8.72. The first-order valence-electron chi connectivity index (χ1n) is 6.55. The van der Waals surface area contributed by atoms with Crippen molar-refractivity contribution in [3.8, 4) is 0 Å². The highest BCUT2D eigenvalue weighted by Gasteiger charge is 2.14. The van der Waals surface area contributed by atoms with Crippen molar-refractivity contribution in [2.24, 2.45) is 0 Å². The van der Waals surface area contributed by atoms with Gasteiger partial charge in [0.25, 0.3) is 0 Å². The van der Waals surface area contributed by atoms with Crippen LogP contribution in [0.1, 0.15) is 38.2 Å². The fourth-order valence-corrected chi connectivity index (χ4v) is 1.49. The molecule has 1 heterocycles. The number of pyridine rings is 1. The lowest BCUT2D eigenvalue weighted by Crippen LogP contribution is -2.21. The van der Waals surface area contributed by atoms with Crippen molar-refractivity contribution < 1.29 is 14.3 Å². The van der Waals surface area contributed by atoms with Crippen molar-refractivity contribution in [3.63, 3.8) is 0 Å². The third-order valence-corrected chi connectivity index (χ3v) is 2.26. The van der Waals surface area contributed by atoms with Crippen LogP contribution in [0.25, 0.3) is 0 Å². The van der Waals surface area contributed by atoms with Gasteiger partial charge < -0.3 is 14.8 Å². The maximum Gasteiger partial charge on any atom is 0.357 e. The van der Waals surface area contributed by atoms with Crippen LogP contribution in [0.5, 0.6) is 0 Å². The number of esters is 1. The molecule has 0 fully saturated rings. The van der Waals surface area contributed by atoms with Crippen molar-refractivity contribution in [1.82, 2.24) is 4.98 Å². The molecule has 5 nitrogen and oxygen atoms in total. The highest BCUT2D eigenvalue weighted by atomic mass is 16.6. The summed E-state index contributed by atoms with van der Waals surface area (Å²) < 4.78 is 10.4. The van der Waals surface area contributed by atoms with Crippen LogP contribution in [0.2, 0.25) is 0 Å². The summed E-state index contributed by atoms with van der Waals surface area (Å²) in [4.78, 5) is 16.1. The summed E-state index contributed by atoms with van der Waals surface area (Å²) in [7, 11) is 0. The van der Waals surface area contributed by atoms with Gasteiger partial charge in [0.15, 0.2) is 5.69 Å². The van der Waals surface area contributed by atoms with E-state index in [-0.39, 0.29) is 12.1 Å². The van der Waals surface area contributed by atoms with Crippen LogP contribution in [-0.2, 0) is 9.47 Å². The topological polar surface area (TPSA) is 60.5 Å². The third-order valence-electron chi connectivity index (χ3n) is 2.26. The van der Waals surface area contributed by atoms with E-state index in [1.54, 1.807) is 19.1 Å². The zero-order valence-corrected chi connectivity index (χ0v) is 12.0. The Morgan fingerprint density at radius 3 is 2.74 bits per heavy atom. The van der Waals surface area contributed by atoms with E-state index in [1.165, 1.54) is 0 Å². The van der Waals surface area contributed by atoms with Crippen LogP contribution < -0.4 is 5.32 Å². The van der Waals surface area contributed by atoms with Gasteiger partial charge >= 0.3 is 5.97 Å². The van der Waals surface area contributed by atoms with Gasteiger partial charge in [-0.2, -0.15) is 0 Å². The highest BCUT2D eigenvalue weighted by Crippen LogP contribution is 2.08. The minimum absolute atomic E-state index is 0.260. The molecule has 0 aromatic carbocycles. The van der Waals surface area contributed by atoms with Crippen molar-refractivity contribution in [3.05, 3.63) is 23.9 Å². The van der Waals surface area contributed by atoms with Gasteiger partial charge in [0.2, 0.25) is 0 Å². The summed E-state index contributed by atoms with van der Waals surface area (Å²) in [5.74, 6) is 0.238. The first-order chi connectivity index (χ1) is 9.02. The molecule has 1 unspecified atom stereocenters. The fraction of sp³-hybridized carbons (Fsp3) is 0.571. The van der Waals surface area contributed by atoms with E-state index in [9.17, 15) is 4.79 Å². The van der Waals surface area contributed by atoms with E-state index in [1.807, 2.05) is 26.8 Å². The number of anilines is 1. The number of nitrogens with one attached hydrogen (secondary N) is 1. The number of hydrogen-bond donors (Lipinski definition) is 1. The molecule has 5 heteroatoms.